The molecule has 1 N–H and O–H groups in total. The number of benzene rings is 1. The van der Waals surface area contributed by atoms with Crippen molar-refractivity contribution in [3.8, 4) is 11.4 Å². The lowest BCUT2D eigenvalue weighted by molar-refractivity contribution is -0.116. The van der Waals surface area contributed by atoms with Gasteiger partial charge in [-0.15, -0.1) is 0 Å². The molecule has 0 unspecified atom stereocenters. The van der Waals surface area contributed by atoms with Gasteiger partial charge in [-0.25, -0.2) is 15.0 Å². The summed E-state index contributed by atoms with van der Waals surface area (Å²) in [5.74, 6) is 1.19. The van der Waals surface area contributed by atoms with Gasteiger partial charge in [0.25, 0.3) is 0 Å². The number of pyridine rings is 2. The Kier molecular flexibility index (Phi) is 5.68. The molecule has 1 aliphatic rings. The highest BCUT2D eigenvalue weighted by Gasteiger charge is 2.36. The predicted octanol–water partition coefficient (Wildman–Crippen LogP) is 4.93. The van der Waals surface area contributed by atoms with Crippen molar-refractivity contribution in [2.45, 2.75) is 39.7 Å². The molecule has 0 atom stereocenters. The first-order valence-corrected chi connectivity index (χ1v) is 11.5. The van der Waals surface area contributed by atoms with Gasteiger partial charge in [-0.1, -0.05) is 26.0 Å². The van der Waals surface area contributed by atoms with Gasteiger partial charge in [0, 0.05) is 43.6 Å². The predicted molar refractivity (Wildman–Crippen MR) is 137 cm³/mol. The van der Waals surface area contributed by atoms with Crippen molar-refractivity contribution in [3.63, 3.8) is 0 Å². The molecule has 178 valence electrons. The number of carbonyl (C=O) groups excluding carboxylic acids is 1. The fraction of sp³-hybridized carbons (Fsp3) is 0.296. The zero-order valence-corrected chi connectivity index (χ0v) is 20.6. The van der Waals surface area contributed by atoms with E-state index in [1.54, 1.807) is 20.2 Å². The molecule has 4 aromatic rings. The number of nitrogens with zero attached hydrogens (tertiary/aromatic N) is 5. The number of rotatable bonds is 5. The molecule has 35 heavy (non-hydrogen) atoms. The van der Waals surface area contributed by atoms with E-state index in [0.717, 1.165) is 39.3 Å². The number of methoxy groups -OCH3 is 1. The molecule has 0 aliphatic carbocycles. The molecule has 0 spiro atoms. The Hall–Kier alpha value is -3.91. The van der Waals surface area contributed by atoms with E-state index in [0.29, 0.717) is 23.8 Å². The lowest BCUT2D eigenvalue weighted by Crippen LogP contribution is -2.31. The summed E-state index contributed by atoms with van der Waals surface area (Å²) < 4.78 is 5.30. The van der Waals surface area contributed by atoms with Crippen LogP contribution in [-0.2, 0) is 21.6 Å². The Morgan fingerprint density at radius 3 is 2.71 bits per heavy atom. The van der Waals surface area contributed by atoms with Crippen LogP contribution in [0.15, 0.2) is 48.7 Å². The highest BCUT2D eigenvalue weighted by molar-refractivity contribution is 5.96. The zero-order chi connectivity index (χ0) is 24.7. The molecule has 3 aromatic heterocycles. The van der Waals surface area contributed by atoms with E-state index in [2.05, 4.69) is 35.2 Å². The lowest BCUT2D eigenvalue weighted by Gasteiger charge is -2.19. The van der Waals surface area contributed by atoms with Gasteiger partial charge >= 0.3 is 0 Å². The van der Waals surface area contributed by atoms with Crippen molar-refractivity contribution in [3.05, 3.63) is 65.6 Å². The largest absolute Gasteiger partial charge is 0.377 e. The minimum Gasteiger partial charge on any atom is -0.377 e. The number of anilines is 3. The summed E-state index contributed by atoms with van der Waals surface area (Å²) in [6.07, 6.45) is 1.76. The highest BCUT2D eigenvalue weighted by Crippen LogP contribution is 2.42. The van der Waals surface area contributed by atoms with Crippen LogP contribution in [0.5, 0.6) is 0 Å². The van der Waals surface area contributed by atoms with Crippen LogP contribution in [-0.4, -0.2) is 39.5 Å². The average Bonchev–Trinajstić information content (AvgIpc) is 3.10. The van der Waals surface area contributed by atoms with Crippen LogP contribution in [0.3, 0.4) is 0 Å². The summed E-state index contributed by atoms with van der Waals surface area (Å²) in [7, 11) is 1.61. The van der Waals surface area contributed by atoms with E-state index in [1.165, 1.54) is 0 Å². The molecule has 1 amide bonds. The maximum Gasteiger partial charge on any atom is 0.223 e. The summed E-state index contributed by atoms with van der Waals surface area (Å²) in [4.78, 5) is 32.7. The van der Waals surface area contributed by atoms with Crippen molar-refractivity contribution in [1.29, 1.82) is 0 Å². The average molecular weight is 469 g/mol. The fourth-order valence-corrected chi connectivity index (χ4v) is 4.62. The SMILES string of the molecule is COCc1nc(Nc2ccc3c(c2)N(C(C)=O)CC3(C)C)c2ccc(-c3ncccc3C)nc2n1. The Morgan fingerprint density at radius 2 is 1.97 bits per heavy atom. The summed E-state index contributed by atoms with van der Waals surface area (Å²) >= 11 is 0. The number of aromatic nitrogens is 4. The first kappa shape index (κ1) is 22.9. The molecule has 4 heterocycles. The number of fused-ring (bicyclic) bond motifs is 2. The fourth-order valence-electron chi connectivity index (χ4n) is 4.62. The molecule has 8 heteroatoms. The number of hydrogen-bond acceptors (Lipinski definition) is 7. The quantitative estimate of drug-likeness (QED) is 0.444. The molecule has 8 nitrogen and oxygen atoms in total. The lowest BCUT2D eigenvalue weighted by atomic mass is 9.87. The van der Waals surface area contributed by atoms with Crippen LogP contribution >= 0.6 is 0 Å². The normalized spacial score (nSPS) is 14.3. The number of nitrogens with one attached hydrogen (secondary N) is 1. The van der Waals surface area contributed by atoms with Gasteiger partial charge in [0.05, 0.1) is 16.8 Å². The van der Waals surface area contributed by atoms with Gasteiger partial charge in [-0.2, -0.15) is 0 Å². The minimum absolute atomic E-state index is 0.0328. The van der Waals surface area contributed by atoms with Crippen molar-refractivity contribution >= 4 is 34.1 Å². The van der Waals surface area contributed by atoms with Gasteiger partial charge in [0.1, 0.15) is 12.4 Å². The van der Waals surface area contributed by atoms with Gasteiger partial charge in [-0.05, 0) is 48.4 Å². The van der Waals surface area contributed by atoms with Crippen molar-refractivity contribution < 1.29 is 9.53 Å². The van der Waals surface area contributed by atoms with Crippen LogP contribution in [0.4, 0.5) is 17.2 Å². The molecule has 1 aromatic carbocycles. The molecular weight excluding hydrogens is 440 g/mol. The van der Waals surface area contributed by atoms with Crippen LogP contribution < -0.4 is 10.2 Å². The molecule has 0 bridgehead atoms. The summed E-state index contributed by atoms with van der Waals surface area (Å²) in [6, 6.07) is 13.9. The molecule has 1 aliphatic heterocycles. The van der Waals surface area contributed by atoms with Crippen LogP contribution in [0.2, 0.25) is 0 Å². The van der Waals surface area contributed by atoms with Gasteiger partial charge < -0.3 is 15.0 Å². The van der Waals surface area contributed by atoms with Gasteiger partial charge in [0.2, 0.25) is 5.91 Å². The van der Waals surface area contributed by atoms with E-state index < -0.39 is 0 Å². The molecule has 0 radical (unpaired) electrons. The summed E-state index contributed by atoms with van der Waals surface area (Å²) in [6.45, 7) is 8.85. The summed E-state index contributed by atoms with van der Waals surface area (Å²) in [5.41, 5.74) is 5.99. The number of amides is 1. The second-order valence-corrected chi connectivity index (χ2v) is 9.50. The molecule has 5 rings (SSSR count). The Morgan fingerprint density at radius 1 is 1.14 bits per heavy atom. The third-order valence-corrected chi connectivity index (χ3v) is 6.35. The molecule has 0 saturated heterocycles. The third kappa shape index (κ3) is 4.21. The van der Waals surface area contributed by atoms with Crippen molar-refractivity contribution in [2.75, 3.05) is 23.9 Å². The molecule has 0 saturated carbocycles. The number of aryl methyl sites for hydroxylation is 1. The van der Waals surface area contributed by atoms with Crippen molar-refractivity contribution in [2.24, 2.45) is 0 Å². The smallest absolute Gasteiger partial charge is 0.223 e. The second-order valence-electron chi connectivity index (χ2n) is 9.50. The number of carbonyl (C=O) groups is 1. The van der Waals surface area contributed by atoms with E-state index >= 15 is 0 Å². The summed E-state index contributed by atoms with van der Waals surface area (Å²) in [5, 5.41) is 4.22. The monoisotopic (exact) mass is 468 g/mol. The Labute approximate surface area is 204 Å². The minimum atomic E-state index is -0.100. The molecular formula is C27H28N6O2. The van der Waals surface area contributed by atoms with E-state index in [9.17, 15) is 4.79 Å². The first-order chi connectivity index (χ1) is 16.8. The number of hydrogen-bond donors (Lipinski definition) is 1. The standard InChI is InChI=1S/C27H28N6O2/c1-16-7-6-12-28-24(16)21-11-9-19-25(31-23(14-35-5)32-26(19)30-21)29-18-8-10-20-22(13-18)33(17(2)34)15-27(20,3)4/h6-13H,14-15H2,1-5H3,(H,29,30,31,32). The first-order valence-electron chi connectivity index (χ1n) is 11.5. The Bertz CT molecular complexity index is 1450. The van der Waals surface area contributed by atoms with Gasteiger partial charge in [-0.3, -0.25) is 9.78 Å². The third-order valence-electron chi connectivity index (χ3n) is 6.35. The van der Waals surface area contributed by atoms with Crippen LogP contribution in [0, 0.1) is 6.92 Å². The van der Waals surface area contributed by atoms with Crippen LogP contribution in [0.25, 0.3) is 22.4 Å². The maximum absolute atomic E-state index is 12.3. The van der Waals surface area contributed by atoms with E-state index in [1.807, 2.05) is 48.2 Å². The van der Waals surface area contributed by atoms with E-state index in [-0.39, 0.29) is 17.9 Å². The zero-order valence-electron chi connectivity index (χ0n) is 20.6. The second kappa shape index (κ2) is 8.70. The maximum atomic E-state index is 12.3. The van der Waals surface area contributed by atoms with Crippen molar-refractivity contribution in [1.82, 2.24) is 19.9 Å². The molecule has 0 fully saturated rings. The van der Waals surface area contributed by atoms with Gasteiger partial charge in [0.15, 0.2) is 11.5 Å². The highest BCUT2D eigenvalue weighted by atomic mass is 16.5. The number of ether oxygens (including phenoxy) is 1. The van der Waals surface area contributed by atoms with E-state index in [4.69, 9.17) is 14.7 Å². The van der Waals surface area contributed by atoms with Crippen LogP contribution in [0.1, 0.15) is 37.7 Å². The topological polar surface area (TPSA) is 93.1 Å². The Balaban J connectivity index is 1.58.